The van der Waals surface area contributed by atoms with Gasteiger partial charge in [-0.05, 0) is 55.1 Å². The number of carboxylic acids is 1. The van der Waals surface area contributed by atoms with Crippen molar-refractivity contribution in [3.63, 3.8) is 0 Å². The van der Waals surface area contributed by atoms with Gasteiger partial charge in [-0.15, -0.1) is 0 Å². The first-order chi connectivity index (χ1) is 15.8. The number of carboxylic acid groups (broad SMARTS) is 1. The number of hydrogen-bond acceptors (Lipinski definition) is 5. The Hall–Kier alpha value is -2.27. The molecule has 1 amide bonds. The highest BCUT2D eigenvalue weighted by molar-refractivity contribution is 6.48. The maximum absolute atomic E-state index is 12.9. The molecule has 0 aromatic heterocycles. The molecule has 1 aromatic carbocycles. The number of para-hydroxylation sites is 1. The molecule has 4 aliphatic rings. The number of carbonyl (C=O) groups is 2. The summed E-state index contributed by atoms with van der Waals surface area (Å²) in [5, 5.41) is 11.9. The number of benzene rings is 1. The van der Waals surface area contributed by atoms with Crippen molar-refractivity contribution < 1.29 is 41.9 Å². The number of amides is 1. The van der Waals surface area contributed by atoms with Crippen molar-refractivity contribution in [3.8, 4) is 5.75 Å². The minimum Gasteiger partial charge on any atom is -0.496 e. The Morgan fingerprint density at radius 3 is 2.59 bits per heavy atom. The highest BCUT2D eigenvalue weighted by Gasteiger charge is 2.68. The smallest absolute Gasteiger partial charge is 0.482 e. The number of rotatable bonds is 7. The van der Waals surface area contributed by atoms with E-state index >= 15 is 0 Å². The molecule has 5 unspecified atom stereocenters. The molecule has 2 N–H and O–H groups in total. The van der Waals surface area contributed by atoms with Crippen LogP contribution in [0.5, 0.6) is 5.75 Å². The highest BCUT2D eigenvalue weighted by atomic mass is 19.4. The molecule has 7 nitrogen and oxygen atoms in total. The first-order valence-electron chi connectivity index (χ1n) is 11.3. The lowest BCUT2D eigenvalue weighted by Gasteiger charge is -2.64. The highest BCUT2D eigenvalue weighted by Crippen LogP contribution is 2.65. The van der Waals surface area contributed by atoms with Gasteiger partial charge in [0.15, 0.2) is 0 Å². The van der Waals surface area contributed by atoms with Gasteiger partial charge in [-0.2, -0.15) is 13.2 Å². The van der Waals surface area contributed by atoms with Crippen molar-refractivity contribution >= 4 is 19.0 Å². The number of nitrogens with one attached hydrogen (secondary N) is 1. The summed E-state index contributed by atoms with van der Waals surface area (Å²) in [6.45, 7) is 6.35. The summed E-state index contributed by atoms with van der Waals surface area (Å²) < 4.78 is 56.5. The van der Waals surface area contributed by atoms with E-state index in [2.05, 4.69) is 19.2 Å². The molecule has 2 bridgehead atoms. The van der Waals surface area contributed by atoms with Crippen LogP contribution < -0.4 is 10.1 Å². The Kier molecular flexibility index (Phi) is 6.17. The standard InChI is InChI=1S/C23H29BF3NO6/c1-21(2)13-9-15(21)22(3)16(10-13)33-24(34-22)17(28-18(29)11-23(25,26)27)8-12-6-5-7-14(20(30)31)19(12)32-4/h5-7,13,15-17H,8-11H2,1-4H3,(H,28,29)(H,30,31). The van der Waals surface area contributed by atoms with Crippen LogP contribution in [-0.2, 0) is 20.5 Å². The molecular formula is C23H29BF3NO6. The van der Waals surface area contributed by atoms with Crippen LogP contribution in [0.2, 0.25) is 0 Å². The van der Waals surface area contributed by atoms with E-state index in [1.807, 2.05) is 6.92 Å². The average molecular weight is 483 g/mol. The van der Waals surface area contributed by atoms with Crippen LogP contribution in [0.25, 0.3) is 0 Å². The molecule has 34 heavy (non-hydrogen) atoms. The number of hydrogen-bond donors (Lipinski definition) is 2. The summed E-state index contributed by atoms with van der Waals surface area (Å²) in [5.74, 6) is -2.60. The number of alkyl halides is 3. The van der Waals surface area contributed by atoms with Gasteiger partial charge in [-0.3, -0.25) is 4.79 Å². The van der Waals surface area contributed by atoms with Gasteiger partial charge < -0.3 is 24.5 Å². The fraction of sp³-hybridized carbons (Fsp3) is 0.652. The SMILES string of the molecule is COc1c(CC(NC(=O)CC(F)(F)F)B2OC3CC4CC(C4(C)C)C3(C)O2)cccc1C(=O)O. The minimum atomic E-state index is -4.67. The van der Waals surface area contributed by atoms with Crippen LogP contribution in [0.15, 0.2) is 18.2 Å². The third kappa shape index (κ3) is 4.28. The number of halogens is 3. The molecule has 1 aliphatic heterocycles. The molecule has 186 valence electrons. The zero-order valence-electron chi connectivity index (χ0n) is 19.6. The molecule has 4 fully saturated rings. The monoisotopic (exact) mass is 483 g/mol. The lowest BCUT2D eigenvalue weighted by Crippen LogP contribution is -2.65. The van der Waals surface area contributed by atoms with E-state index in [-0.39, 0.29) is 35.2 Å². The third-order valence-electron chi connectivity index (χ3n) is 7.98. The maximum atomic E-state index is 12.9. The molecule has 1 saturated heterocycles. The Bertz CT molecular complexity index is 986. The lowest BCUT2D eigenvalue weighted by atomic mass is 9.43. The van der Waals surface area contributed by atoms with Crippen molar-refractivity contribution in [3.05, 3.63) is 29.3 Å². The van der Waals surface area contributed by atoms with Crippen LogP contribution in [0.3, 0.4) is 0 Å². The summed E-state index contributed by atoms with van der Waals surface area (Å²) in [4.78, 5) is 23.8. The van der Waals surface area contributed by atoms with Crippen LogP contribution >= 0.6 is 0 Å². The summed E-state index contributed by atoms with van der Waals surface area (Å²) in [6, 6.07) is 4.50. The Labute approximate surface area is 196 Å². The summed E-state index contributed by atoms with van der Waals surface area (Å²) in [6.07, 6.45) is -4.80. The summed E-state index contributed by atoms with van der Waals surface area (Å²) >= 11 is 0. The van der Waals surface area contributed by atoms with Crippen molar-refractivity contribution in [1.82, 2.24) is 5.32 Å². The predicted octanol–water partition coefficient (Wildman–Crippen LogP) is 3.64. The number of ether oxygens (including phenoxy) is 1. The van der Waals surface area contributed by atoms with E-state index in [9.17, 15) is 27.9 Å². The number of carbonyl (C=O) groups excluding carboxylic acids is 1. The normalized spacial score (nSPS) is 30.2. The van der Waals surface area contributed by atoms with E-state index in [0.29, 0.717) is 11.5 Å². The molecular weight excluding hydrogens is 454 g/mol. The number of methoxy groups -OCH3 is 1. The predicted molar refractivity (Wildman–Crippen MR) is 116 cm³/mol. The van der Waals surface area contributed by atoms with Crippen molar-refractivity contribution in [2.75, 3.05) is 7.11 Å². The third-order valence-corrected chi connectivity index (χ3v) is 7.98. The summed E-state index contributed by atoms with van der Waals surface area (Å²) in [5.41, 5.74) is -0.228. The van der Waals surface area contributed by atoms with E-state index in [1.54, 1.807) is 6.07 Å². The Morgan fingerprint density at radius 2 is 2.00 bits per heavy atom. The molecule has 5 atom stereocenters. The second-order valence-corrected chi connectivity index (χ2v) is 10.3. The van der Waals surface area contributed by atoms with E-state index in [0.717, 1.165) is 12.8 Å². The van der Waals surface area contributed by atoms with Gasteiger partial charge in [0.1, 0.15) is 17.7 Å². The maximum Gasteiger partial charge on any atom is 0.482 e. The van der Waals surface area contributed by atoms with E-state index in [4.69, 9.17) is 14.0 Å². The first-order valence-corrected chi connectivity index (χ1v) is 11.3. The molecule has 3 aliphatic carbocycles. The average Bonchev–Trinajstić information content (AvgIpc) is 3.08. The summed E-state index contributed by atoms with van der Waals surface area (Å²) in [7, 11) is 0.330. The molecule has 1 aromatic rings. The first kappa shape index (κ1) is 24.8. The van der Waals surface area contributed by atoms with Gasteiger partial charge in [0.25, 0.3) is 0 Å². The molecule has 0 spiro atoms. The van der Waals surface area contributed by atoms with Crippen molar-refractivity contribution in [2.24, 2.45) is 17.3 Å². The van der Waals surface area contributed by atoms with Gasteiger partial charge in [0.05, 0.1) is 24.8 Å². The molecule has 11 heteroatoms. The topological polar surface area (TPSA) is 94.1 Å². The minimum absolute atomic E-state index is 0.0289. The fourth-order valence-corrected chi connectivity index (χ4v) is 6.12. The van der Waals surface area contributed by atoms with Crippen LogP contribution in [-0.4, -0.2) is 55.0 Å². The quantitative estimate of drug-likeness (QED) is 0.576. The fourth-order valence-electron chi connectivity index (χ4n) is 6.12. The zero-order valence-corrected chi connectivity index (χ0v) is 19.6. The van der Waals surface area contributed by atoms with Gasteiger partial charge in [-0.25, -0.2) is 4.79 Å². The van der Waals surface area contributed by atoms with E-state index < -0.39 is 43.1 Å². The molecule has 0 radical (unpaired) electrons. The number of aromatic carboxylic acids is 1. The Balaban J connectivity index is 1.62. The second-order valence-electron chi connectivity index (χ2n) is 10.3. The van der Waals surface area contributed by atoms with Crippen LogP contribution in [0.4, 0.5) is 13.2 Å². The molecule has 5 rings (SSSR count). The van der Waals surface area contributed by atoms with Gasteiger partial charge in [0.2, 0.25) is 5.91 Å². The van der Waals surface area contributed by atoms with Crippen LogP contribution in [0.1, 0.15) is 56.0 Å². The van der Waals surface area contributed by atoms with Crippen molar-refractivity contribution in [2.45, 2.75) is 70.3 Å². The molecule has 1 heterocycles. The van der Waals surface area contributed by atoms with Gasteiger partial charge >= 0.3 is 19.3 Å². The second kappa shape index (κ2) is 8.44. The van der Waals surface area contributed by atoms with Gasteiger partial charge in [0, 0.05) is 0 Å². The van der Waals surface area contributed by atoms with Crippen LogP contribution in [0, 0.1) is 17.3 Å². The molecule has 3 saturated carbocycles. The lowest BCUT2D eigenvalue weighted by molar-refractivity contribution is -0.199. The van der Waals surface area contributed by atoms with Crippen molar-refractivity contribution in [1.29, 1.82) is 0 Å². The largest absolute Gasteiger partial charge is 0.496 e. The van der Waals surface area contributed by atoms with E-state index in [1.165, 1.54) is 19.2 Å². The van der Waals surface area contributed by atoms with Gasteiger partial charge in [-0.1, -0.05) is 26.0 Å². The Morgan fingerprint density at radius 1 is 1.29 bits per heavy atom. The zero-order chi connectivity index (χ0) is 25.1.